The Morgan fingerprint density at radius 3 is 2.18 bits per heavy atom. The van der Waals surface area contributed by atoms with Crippen LogP contribution in [0.2, 0.25) is 0 Å². The SMILES string of the molecule is CCCCCCCCc1cc(-c2ccc(Br)o2)c(CCCCCC(CC)c2ccc(Br)o2)[nH]1. The van der Waals surface area contributed by atoms with E-state index in [1.54, 1.807) is 0 Å². The van der Waals surface area contributed by atoms with Crippen LogP contribution in [0.5, 0.6) is 0 Å². The Morgan fingerprint density at radius 1 is 0.788 bits per heavy atom. The molecular weight excluding hydrogens is 542 g/mol. The van der Waals surface area contributed by atoms with Gasteiger partial charge in [-0.3, -0.25) is 0 Å². The van der Waals surface area contributed by atoms with E-state index < -0.39 is 0 Å². The largest absolute Gasteiger partial charge is 0.454 e. The Hall–Kier alpha value is -1.20. The zero-order chi connectivity index (χ0) is 23.5. The predicted molar refractivity (Wildman–Crippen MR) is 145 cm³/mol. The average molecular weight is 581 g/mol. The number of nitrogens with one attached hydrogen (secondary N) is 1. The molecule has 0 spiro atoms. The Balaban J connectivity index is 1.50. The molecule has 0 aliphatic carbocycles. The molecule has 0 fully saturated rings. The van der Waals surface area contributed by atoms with E-state index in [0.717, 1.165) is 40.1 Å². The van der Waals surface area contributed by atoms with Gasteiger partial charge in [0.25, 0.3) is 0 Å². The van der Waals surface area contributed by atoms with E-state index in [9.17, 15) is 0 Å². The number of H-pyrrole nitrogens is 1. The van der Waals surface area contributed by atoms with Gasteiger partial charge in [-0.25, -0.2) is 0 Å². The second kappa shape index (κ2) is 14.3. The first-order chi connectivity index (χ1) is 16.1. The zero-order valence-corrected chi connectivity index (χ0v) is 23.4. The monoisotopic (exact) mass is 579 g/mol. The predicted octanol–water partition coefficient (Wildman–Crippen LogP) is 10.6. The standard InChI is InChI=1S/C28H39Br2NO2/c1-3-5-6-7-8-11-14-22-20-23(26-17-19-28(30)33-26)24(31-22)15-12-9-10-13-21(4-2)25-16-18-27(29)32-25/h16-21,31H,3-15H2,1-2H3. The molecule has 33 heavy (non-hydrogen) atoms. The summed E-state index contributed by atoms with van der Waals surface area (Å²) < 4.78 is 13.3. The summed E-state index contributed by atoms with van der Waals surface area (Å²) in [6, 6.07) is 10.5. The molecule has 182 valence electrons. The van der Waals surface area contributed by atoms with Crippen LogP contribution in [0.3, 0.4) is 0 Å². The van der Waals surface area contributed by atoms with Crippen LogP contribution < -0.4 is 0 Å². The number of aromatic nitrogens is 1. The van der Waals surface area contributed by atoms with Gasteiger partial charge in [0, 0.05) is 22.9 Å². The van der Waals surface area contributed by atoms with E-state index in [1.807, 2.05) is 12.1 Å². The van der Waals surface area contributed by atoms with Gasteiger partial charge in [-0.05, 0) is 101 Å². The van der Waals surface area contributed by atoms with Crippen LogP contribution in [0.1, 0.15) is 108 Å². The molecule has 3 aromatic rings. The van der Waals surface area contributed by atoms with Crippen molar-refractivity contribution in [2.45, 2.75) is 103 Å². The van der Waals surface area contributed by atoms with Crippen LogP contribution in [-0.2, 0) is 12.8 Å². The summed E-state index contributed by atoms with van der Waals surface area (Å²) in [6.45, 7) is 4.52. The topological polar surface area (TPSA) is 42.1 Å². The van der Waals surface area contributed by atoms with Crippen molar-refractivity contribution in [1.82, 2.24) is 4.98 Å². The molecule has 3 aromatic heterocycles. The third kappa shape index (κ3) is 8.51. The minimum atomic E-state index is 0.516. The second-order valence-corrected chi connectivity index (χ2v) is 10.7. The summed E-state index contributed by atoms with van der Waals surface area (Å²) in [5, 5.41) is 0. The molecule has 1 unspecified atom stereocenters. The number of unbranched alkanes of at least 4 members (excludes halogenated alkanes) is 7. The lowest BCUT2D eigenvalue weighted by molar-refractivity contribution is 0.415. The lowest BCUT2D eigenvalue weighted by atomic mass is 9.95. The van der Waals surface area contributed by atoms with E-state index in [2.05, 4.69) is 68.9 Å². The Kier molecular flexibility index (Phi) is 11.4. The van der Waals surface area contributed by atoms with Gasteiger partial charge in [0.05, 0.1) is 0 Å². The van der Waals surface area contributed by atoms with Crippen molar-refractivity contribution in [2.24, 2.45) is 0 Å². The van der Waals surface area contributed by atoms with E-state index in [1.165, 1.54) is 81.2 Å². The Labute approximate surface area is 216 Å². The molecule has 0 radical (unpaired) electrons. The van der Waals surface area contributed by atoms with E-state index in [0.29, 0.717) is 5.92 Å². The highest BCUT2D eigenvalue weighted by Crippen LogP contribution is 2.32. The van der Waals surface area contributed by atoms with Gasteiger partial charge in [-0.1, -0.05) is 58.8 Å². The van der Waals surface area contributed by atoms with Crippen LogP contribution in [0.4, 0.5) is 0 Å². The van der Waals surface area contributed by atoms with Gasteiger partial charge < -0.3 is 13.8 Å². The Bertz CT molecular complexity index is 940. The molecule has 5 heteroatoms. The number of aryl methyl sites for hydroxylation is 2. The highest BCUT2D eigenvalue weighted by molar-refractivity contribution is 9.10. The summed E-state index contributed by atoms with van der Waals surface area (Å²) in [5.74, 6) is 2.58. The zero-order valence-electron chi connectivity index (χ0n) is 20.2. The van der Waals surface area contributed by atoms with Gasteiger partial charge in [-0.15, -0.1) is 0 Å². The molecule has 3 nitrogen and oxygen atoms in total. The highest BCUT2D eigenvalue weighted by Gasteiger charge is 2.15. The minimum absolute atomic E-state index is 0.516. The Morgan fingerprint density at radius 2 is 1.48 bits per heavy atom. The van der Waals surface area contributed by atoms with Crippen LogP contribution in [0.15, 0.2) is 48.5 Å². The smallest absolute Gasteiger partial charge is 0.169 e. The third-order valence-electron chi connectivity index (χ3n) is 6.56. The van der Waals surface area contributed by atoms with Gasteiger partial charge in [0.15, 0.2) is 9.34 Å². The van der Waals surface area contributed by atoms with Gasteiger partial charge >= 0.3 is 0 Å². The molecule has 0 amide bonds. The van der Waals surface area contributed by atoms with E-state index >= 15 is 0 Å². The van der Waals surface area contributed by atoms with Crippen LogP contribution in [0, 0.1) is 0 Å². The average Bonchev–Trinajstić information content (AvgIpc) is 3.53. The number of rotatable bonds is 16. The van der Waals surface area contributed by atoms with Crippen molar-refractivity contribution in [3.05, 3.63) is 56.8 Å². The number of halogens is 2. The third-order valence-corrected chi connectivity index (χ3v) is 7.41. The maximum Gasteiger partial charge on any atom is 0.169 e. The van der Waals surface area contributed by atoms with Crippen molar-refractivity contribution in [1.29, 1.82) is 0 Å². The fourth-order valence-electron chi connectivity index (χ4n) is 4.63. The molecule has 0 saturated carbocycles. The van der Waals surface area contributed by atoms with Crippen LogP contribution in [-0.4, -0.2) is 4.98 Å². The molecule has 1 atom stereocenters. The molecule has 0 saturated heterocycles. The first kappa shape index (κ1) is 26.4. The molecule has 0 aliphatic heterocycles. The minimum Gasteiger partial charge on any atom is -0.454 e. The summed E-state index contributed by atoms with van der Waals surface area (Å²) in [5.41, 5.74) is 3.89. The molecular formula is C28H39Br2NO2. The van der Waals surface area contributed by atoms with Crippen LogP contribution in [0.25, 0.3) is 11.3 Å². The lowest BCUT2D eigenvalue weighted by Gasteiger charge is -2.11. The summed E-state index contributed by atoms with van der Waals surface area (Å²) >= 11 is 6.89. The first-order valence-electron chi connectivity index (χ1n) is 12.8. The molecule has 3 rings (SSSR count). The van der Waals surface area contributed by atoms with E-state index in [-0.39, 0.29) is 0 Å². The normalized spacial score (nSPS) is 12.5. The summed E-state index contributed by atoms with van der Waals surface area (Å²) in [4.78, 5) is 3.74. The number of hydrogen-bond donors (Lipinski definition) is 1. The van der Waals surface area contributed by atoms with Crippen LogP contribution >= 0.6 is 31.9 Å². The van der Waals surface area contributed by atoms with Crippen molar-refractivity contribution >= 4 is 31.9 Å². The fourth-order valence-corrected chi connectivity index (χ4v) is 5.26. The van der Waals surface area contributed by atoms with Crippen molar-refractivity contribution in [3.8, 4) is 11.3 Å². The van der Waals surface area contributed by atoms with Crippen molar-refractivity contribution < 1.29 is 8.83 Å². The summed E-state index contributed by atoms with van der Waals surface area (Å²) in [6.07, 6.45) is 16.1. The van der Waals surface area contributed by atoms with Gasteiger partial charge in [0.2, 0.25) is 0 Å². The summed E-state index contributed by atoms with van der Waals surface area (Å²) in [7, 11) is 0. The highest BCUT2D eigenvalue weighted by atomic mass is 79.9. The van der Waals surface area contributed by atoms with Crippen molar-refractivity contribution in [3.63, 3.8) is 0 Å². The van der Waals surface area contributed by atoms with Gasteiger partial charge in [-0.2, -0.15) is 0 Å². The molecule has 0 aliphatic rings. The quantitative estimate of drug-likeness (QED) is 0.171. The second-order valence-electron chi connectivity index (χ2n) is 9.15. The molecule has 0 aromatic carbocycles. The number of furan rings is 2. The number of aromatic amines is 1. The number of hydrogen-bond acceptors (Lipinski definition) is 2. The fraction of sp³-hybridized carbons (Fsp3) is 0.571. The molecule has 0 bridgehead atoms. The maximum atomic E-state index is 5.90. The van der Waals surface area contributed by atoms with E-state index in [4.69, 9.17) is 8.83 Å². The molecule has 1 N–H and O–H groups in total. The van der Waals surface area contributed by atoms with Gasteiger partial charge in [0.1, 0.15) is 11.5 Å². The maximum absolute atomic E-state index is 5.90. The lowest BCUT2D eigenvalue weighted by Crippen LogP contribution is -1.96. The first-order valence-corrected chi connectivity index (χ1v) is 14.4. The van der Waals surface area contributed by atoms with Crippen molar-refractivity contribution in [2.75, 3.05) is 0 Å². The molecule has 3 heterocycles.